The lowest BCUT2D eigenvalue weighted by Crippen LogP contribution is -2.61. The molecule has 0 spiro atoms. The summed E-state index contributed by atoms with van der Waals surface area (Å²) in [6, 6.07) is -1.06. The fraction of sp³-hybridized carbons (Fsp3) is 0.778. The van der Waals surface area contributed by atoms with Gasteiger partial charge in [0.05, 0.1) is 25.4 Å². The number of esters is 1. The Morgan fingerprint density at radius 3 is 1.30 bits per heavy atom. The van der Waals surface area contributed by atoms with Gasteiger partial charge in [0.15, 0.2) is 12.4 Å². The fourth-order valence-corrected chi connectivity index (χ4v) is 10.4. The van der Waals surface area contributed by atoms with Crippen LogP contribution >= 0.6 is 0 Å². The summed E-state index contributed by atoms with van der Waals surface area (Å²) in [7, 11) is 0. The first-order valence-electron chi connectivity index (χ1n) is 34.4. The number of carbonyl (C=O) groups is 2. The fourth-order valence-electron chi connectivity index (χ4n) is 10.4. The Balaban J connectivity index is 2.61. The highest BCUT2D eigenvalue weighted by Crippen LogP contribution is 2.26. The van der Waals surface area contributed by atoms with Gasteiger partial charge in [-0.2, -0.15) is 0 Å². The second-order valence-corrected chi connectivity index (χ2v) is 23.5. The molecule has 11 nitrogen and oxygen atoms in total. The average Bonchev–Trinajstić information content (AvgIpc) is 3.67. The van der Waals surface area contributed by atoms with Crippen molar-refractivity contribution in [3.63, 3.8) is 0 Å². The summed E-state index contributed by atoms with van der Waals surface area (Å²) in [6.07, 6.45) is 67.8. The minimum atomic E-state index is -1.63. The number of aliphatic hydroxyl groups excluding tert-OH is 5. The van der Waals surface area contributed by atoms with Crippen LogP contribution in [-0.2, 0) is 23.8 Å². The zero-order chi connectivity index (χ0) is 60.3. The number of aliphatic hydroxyl groups is 5. The molecule has 6 N–H and O–H groups in total. The van der Waals surface area contributed by atoms with Gasteiger partial charge in [0.2, 0.25) is 5.91 Å². The van der Waals surface area contributed by atoms with Crippen LogP contribution in [-0.4, -0.2) is 99.6 Å². The molecule has 0 aromatic heterocycles. The van der Waals surface area contributed by atoms with E-state index < -0.39 is 67.4 Å². The highest BCUT2D eigenvalue weighted by molar-refractivity contribution is 5.80. The number of nitrogens with one attached hydrogen (secondary N) is 1. The van der Waals surface area contributed by atoms with E-state index >= 15 is 0 Å². The summed E-state index contributed by atoms with van der Waals surface area (Å²) in [4.78, 5) is 26.6. The normalized spacial score (nSPS) is 19.1. The first-order chi connectivity index (χ1) is 40.7. The van der Waals surface area contributed by atoms with E-state index in [1.54, 1.807) is 6.08 Å². The Morgan fingerprint density at radius 1 is 0.482 bits per heavy atom. The van der Waals surface area contributed by atoms with Gasteiger partial charge in [-0.15, -0.1) is 0 Å². The second-order valence-electron chi connectivity index (χ2n) is 23.5. The van der Waals surface area contributed by atoms with E-state index in [0.717, 1.165) is 77.0 Å². The number of hydrogen-bond donors (Lipinski definition) is 6. The molecule has 1 heterocycles. The molecule has 8 unspecified atom stereocenters. The largest absolute Gasteiger partial charge is 0.454 e. The van der Waals surface area contributed by atoms with E-state index in [0.29, 0.717) is 12.8 Å². The Morgan fingerprint density at radius 2 is 0.867 bits per heavy atom. The zero-order valence-corrected chi connectivity index (χ0v) is 53.3. The Hall–Kier alpha value is -3.16. The van der Waals surface area contributed by atoms with Crippen molar-refractivity contribution in [2.45, 2.75) is 346 Å². The predicted molar refractivity (Wildman–Crippen MR) is 347 cm³/mol. The summed E-state index contributed by atoms with van der Waals surface area (Å²) < 4.78 is 17.7. The van der Waals surface area contributed by atoms with Crippen LogP contribution in [0.4, 0.5) is 0 Å². The minimum Gasteiger partial charge on any atom is -0.454 e. The molecule has 0 radical (unpaired) electrons. The molecule has 0 aromatic rings. The third kappa shape index (κ3) is 46.7. The molecule has 1 fully saturated rings. The lowest BCUT2D eigenvalue weighted by molar-refractivity contribution is -0.305. The van der Waals surface area contributed by atoms with Crippen LogP contribution in [0.5, 0.6) is 0 Å². The van der Waals surface area contributed by atoms with Gasteiger partial charge in [0.25, 0.3) is 0 Å². The van der Waals surface area contributed by atoms with Crippen LogP contribution in [0, 0.1) is 0 Å². The maximum Gasteiger partial charge on any atom is 0.306 e. The topological polar surface area (TPSA) is 175 Å². The summed E-state index contributed by atoms with van der Waals surface area (Å²) in [6.45, 7) is 5.66. The monoisotopic (exact) mass is 1170 g/mol. The van der Waals surface area contributed by atoms with Gasteiger partial charge in [0, 0.05) is 6.42 Å². The van der Waals surface area contributed by atoms with Gasteiger partial charge >= 0.3 is 5.97 Å². The van der Waals surface area contributed by atoms with Crippen molar-refractivity contribution >= 4 is 11.9 Å². The van der Waals surface area contributed by atoms with Crippen LogP contribution in [0.1, 0.15) is 297 Å². The van der Waals surface area contributed by atoms with Crippen LogP contribution in [0.3, 0.4) is 0 Å². The van der Waals surface area contributed by atoms with E-state index in [1.165, 1.54) is 173 Å². The van der Waals surface area contributed by atoms with Crippen molar-refractivity contribution < 1.29 is 49.3 Å². The highest BCUT2D eigenvalue weighted by atomic mass is 16.7. The number of ether oxygens (including phenoxy) is 3. The van der Waals surface area contributed by atoms with E-state index in [1.807, 2.05) is 18.2 Å². The molecule has 1 saturated heterocycles. The van der Waals surface area contributed by atoms with Gasteiger partial charge in [0.1, 0.15) is 24.4 Å². The minimum absolute atomic E-state index is 0.116. The van der Waals surface area contributed by atoms with Crippen molar-refractivity contribution in [2.24, 2.45) is 0 Å². The van der Waals surface area contributed by atoms with Gasteiger partial charge in [-0.1, -0.05) is 286 Å². The molecule has 0 bridgehead atoms. The summed E-state index contributed by atoms with van der Waals surface area (Å²) >= 11 is 0. The first-order valence-corrected chi connectivity index (χ1v) is 34.4. The van der Waals surface area contributed by atoms with Crippen molar-refractivity contribution in [3.05, 3.63) is 85.1 Å². The predicted octanol–water partition coefficient (Wildman–Crippen LogP) is 17.3. The average molecular weight is 1170 g/mol. The smallest absolute Gasteiger partial charge is 0.306 e. The van der Waals surface area contributed by atoms with Crippen molar-refractivity contribution in [2.75, 3.05) is 13.2 Å². The molecule has 1 rings (SSSR count). The lowest BCUT2D eigenvalue weighted by Gasteiger charge is -2.41. The first kappa shape index (κ1) is 77.9. The molecule has 1 amide bonds. The number of amides is 1. The standard InChI is InChI=1S/C72H127NO10/c1-4-7-10-13-16-19-22-25-27-29-30-31-32-33-34-35-36-37-39-42-45-48-51-54-57-60-67(77)83-70-69(79)68(78)66(61-74)82-72(70)81-62-63(64(75)58-55-52-49-46-43-40-24-21-18-15-12-9-6-3)73-71(80)65(76)59-56-53-50-47-44-41-38-28-26-23-20-17-14-11-8-5-2/h8,11,17,20,25-28,41,44,50,53,55,58,63-66,68-70,72,74-76,78-79H,4-7,9-10,12-16,18-19,21-24,29-40,42-43,45-49,51-52,54,56-57,59-62H2,1-3H3,(H,73,80)/b11-8-,20-17-,27-25+,28-26-,44-41-,53-50-,58-55+. The molecule has 83 heavy (non-hydrogen) atoms. The number of rotatable bonds is 58. The Bertz CT molecular complexity index is 1670. The summed E-state index contributed by atoms with van der Waals surface area (Å²) in [5.41, 5.74) is 0. The van der Waals surface area contributed by atoms with Crippen LogP contribution in [0.2, 0.25) is 0 Å². The SMILES string of the molecule is CC/C=C\C/C=C\C/C=C\C/C=C\C/C=C\CCC(O)C(=O)NC(COC1OC(CO)C(O)C(O)C1OC(=O)CCCCCCCCCCCCCCCCC/C=C/CCCCCCCC)C(O)/C=C/CCCCCCCCCCCCC. The lowest BCUT2D eigenvalue weighted by atomic mass is 9.99. The third-order valence-corrected chi connectivity index (χ3v) is 15.8. The number of unbranched alkanes of at least 4 members (excludes halogenated alkanes) is 32. The molecule has 0 aliphatic carbocycles. The molecule has 8 atom stereocenters. The van der Waals surface area contributed by atoms with E-state index in [2.05, 4.69) is 86.8 Å². The van der Waals surface area contributed by atoms with E-state index in [9.17, 15) is 35.1 Å². The summed E-state index contributed by atoms with van der Waals surface area (Å²) in [5.74, 6) is -1.25. The van der Waals surface area contributed by atoms with Crippen LogP contribution < -0.4 is 5.32 Å². The molecule has 480 valence electrons. The quantitative estimate of drug-likeness (QED) is 0.0195. The van der Waals surface area contributed by atoms with E-state index in [-0.39, 0.29) is 19.4 Å². The van der Waals surface area contributed by atoms with Gasteiger partial charge in [-0.05, 0) is 89.9 Å². The number of hydrogen-bond acceptors (Lipinski definition) is 10. The zero-order valence-electron chi connectivity index (χ0n) is 53.3. The van der Waals surface area contributed by atoms with E-state index in [4.69, 9.17) is 14.2 Å². The number of carbonyl (C=O) groups excluding carboxylic acids is 2. The maximum absolute atomic E-state index is 13.4. The maximum atomic E-state index is 13.4. The second kappa shape index (κ2) is 59.2. The molecule has 1 aliphatic rings. The Labute approximate surface area is 508 Å². The molecular formula is C72H127NO10. The summed E-state index contributed by atoms with van der Waals surface area (Å²) in [5, 5.41) is 57.1. The van der Waals surface area contributed by atoms with Crippen molar-refractivity contribution in [3.8, 4) is 0 Å². The van der Waals surface area contributed by atoms with Crippen LogP contribution in [0.15, 0.2) is 85.1 Å². The van der Waals surface area contributed by atoms with Gasteiger partial charge in [-0.3, -0.25) is 9.59 Å². The molecule has 0 saturated carbocycles. The Kier molecular flexibility index (Phi) is 55.5. The van der Waals surface area contributed by atoms with Gasteiger partial charge < -0.3 is 45.1 Å². The van der Waals surface area contributed by atoms with Crippen molar-refractivity contribution in [1.82, 2.24) is 5.32 Å². The molecule has 0 aromatic carbocycles. The van der Waals surface area contributed by atoms with Crippen LogP contribution in [0.25, 0.3) is 0 Å². The third-order valence-electron chi connectivity index (χ3n) is 15.8. The molecule has 1 aliphatic heterocycles. The molecular weight excluding hydrogens is 1040 g/mol. The van der Waals surface area contributed by atoms with Gasteiger partial charge in [-0.25, -0.2) is 0 Å². The highest BCUT2D eigenvalue weighted by Gasteiger charge is 2.47. The van der Waals surface area contributed by atoms with Crippen molar-refractivity contribution in [1.29, 1.82) is 0 Å². The molecule has 11 heteroatoms. The number of allylic oxidation sites excluding steroid dienone is 13.